The van der Waals surface area contributed by atoms with E-state index in [4.69, 9.17) is 10.9 Å². The third-order valence-corrected chi connectivity index (χ3v) is 5.77. The normalized spacial score (nSPS) is 14.5. The number of nitrogens with zero attached hydrogens (tertiary/aromatic N) is 2. The maximum Gasteiger partial charge on any atom is 0.274 e. The molecule has 156 valence electrons. The van der Waals surface area contributed by atoms with E-state index in [0.717, 1.165) is 17.5 Å². The van der Waals surface area contributed by atoms with Crippen molar-refractivity contribution in [3.63, 3.8) is 0 Å². The number of nitrogens with two attached hydrogens (primary N) is 1. The van der Waals surface area contributed by atoms with Gasteiger partial charge in [-0.25, -0.2) is 5.48 Å². The van der Waals surface area contributed by atoms with Gasteiger partial charge in [-0.2, -0.15) is 0 Å². The maximum absolute atomic E-state index is 12.5. The number of fused-ring (bicyclic) bond motifs is 3. The first-order valence-electron chi connectivity index (χ1n) is 10.1. The maximum atomic E-state index is 12.5. The van der Waals surface area contributed by atoms with Crippen LogP contribution in [-0.4, -0.2) is 39.1 Å². The van der Waals surface area contributed by atoms with E-state index in [1.54, 1.807) is 24.5 Å². The number of nitrogens with one attached hydrogen (secondary N) is 1. The summed E-state index contributed by atoms with van der Waals surface area (Å²) in [5.41, 5.74) is 13.7. The first-order chi connectivity index (χ1) is 14.4. The van der Waals surface area contributed by atoms with E-state index in [9.17, 15) is 9.59 Å². The zero-order chi connectivity index (χ0) is 21.4. The molecule has 7 nitrogen and oxygen atoms in total. The van der Waals surface area contributed by atoms with Gasteiger partial charge in [-0.1, -0.05) is 23.8 Å². The first-order valence-corrected chi connectivity index (χ1v) is 10.1. The van der Waals surface area contributed by atoms with Crippen molar-refractivity contribution >= 4 is 22.7 Å². The van der Waals surface area contributed by atoms with Gasteiger partial charge in [0.25, 0.3) is 5.91 Å². The first kappa shape index (κ1) is 20.1. The molecule has 0 bridgehead atoms. The fourth-order valence-electron chi connectivity index (χ4n) is 4.23. The molecule has 7 heteroatoms. The topological polar surface area (TPSA) is 101 Å². The van der Waals surface area contributed by atoms with E-state index in [1.165, 1.54) is 22.2 Å². The summed E-state index contributed by atoms with van der Waals surface area (Å²) in [5.74, 6) is -0.549. The van der Waals surface area contributed by atoms with Crippen molar-refractivity contribution in [1.82, 2.24) is 14.9 Å². The SMILES string of the molecule is Cc1ccc2c(c1)c1c(n2Cc2ccc(C(=O)NO)cc2)CCN(C(=O)C(C)N)C1. The number of aryl methyl sites for hydroxylation is 1. The van der Waals surface area contributed by atoms with E-state index in [0.29, 0.717) is 25.2 Å². The van der Waals surface area contributed by atoms with Crippen molar-refractivity contribution in [3.8, 4) is 0 Å². The summed E-state index contributed by atoms with van der Waals surface area (Å²) in [7, 11) is 0. The van der Waals surface area contributed by atoms with Gasteiger partial charge in [0.1, 0.15) is 0 Å². The molecular weight excluding hydrogens is 380 g/mol. The molecule has 0 fully saturated rings. The van der Waals surface area contributed by atoms with Crippen molar-refractivity contribution in [1.29, 1.82) is 0 Å². The lowest BCUT2D eigenvalue weighted by Crippen LogP contribution is -2.44. The molecule has 0 spiro atoms. The van der Waals surface area contributed by atoms with Gasteiger partial charge in [0.05, 0.1) is 6.04 Å². The van der Waals surface area contributed by atoms with Crippen LogP contribution in [0.5, 0.6) is 0 Å². The van der Waals surface area contributed by atoms with E-state index >= 15 is 0 Å². The number of aromatic nitrogens is 1. The molecule has 30 heavy (non-hydrogen) atoms. The fraction of sp³-hybridized carbons (Fsp3) is 0.304. The zero-order valence-corrected chi connectivity index (χ0v) is 17.2. The average molecular weight is 406 g/mol. The van der Waals surface area contributed by atoms with E-state index in [2.05, 4.69) is 29.7 Å². The number of rotatable bonds is 4. The smallest absolute Gasteiger partial charge is 0.274 e. The Bertz CT molecular complexity index is 1120. The van der Waals surface area contributed by atoms with Crippen LogP contribution in [0, 0.1) is 6.92 Å². The summed E-state index contributed by atoms with van der Waals surface area (Å²) in [6.45, 7) is 5.68. The summed E-state index contributed by atoms with van der Waals surface area (Å²) in [6.07, 6.45) is 0.770. The fourth-order valence-corrected chi connectivity index (χ4v) is 4.23. The lowest BCUT2D eigenvalue weighted by atomic mass is 10.0. The highest BCUT2D eigenvalue weighted by atomic mass is 16.5. The number of benzene rings is 2. The van der Waals surface area contributed by atoms with Crippen LogP contribution < -0.4 is 11.2 Å². The molecule has 1 aromatic heterocycles. The minimum absolute atomic E-state index is 0.0213. The monoisotopic (exact) mass is 406 g/mol. The predicted molar refractivity (Wildman–Crippen MR) is 114 cm³/mol. The number of amides is 2. The van der Waals surface area contributed by atoms with E-state index in [-0.39, 0.29) is 5.91 Å². The van der Waals surface area contributed by atoms with Crippen LogP contribution in [-0.2, 0) is 24.3 Å². The average Bonchev–Trinajstić information content (AvgIpc) is 3.05. The van der Waals surface area contributed by atoms with Gasteiger partial charge in [-0.05, 0) is 43.7 Å². The van der Waals surface area contributed by atoms with Crippen LogP contribution in [0.4, 0.5) is 0 Å². The Kier molecular flexibility index (Phi) is 5.32. The van der Waals surface area contributed by atoms with Crippen molar-refractivity contribution in [2.45, 2.75) is 39.4 Å². The van der Waals surface area contributed by atoms with Crippen LogP contribution in [0.1, 0.15) is 39.7 Å². The third-order valence-electron chi connectivity index (χ3n) is 5.77. The second-order valence-electron chi connectivity index (χ2n) is 7.97. The number of hydrogen-bond acceptors (Lipinski definition) is 4. The summed E-state index contributed by atoms with van der Waals surface area (Å²) >= 11 is 0. The largest absolute Gasteiger partial charge is 0.340 e. The molecule has 0 radical (unpaired) electrons. The van der Waals surface area contributed by atoms with E-state index in [1.807, 2.05) is 17.0 Å². The van der Waals surface area contributed by atoms with Gasteiger partial charge < -0.3 is 15.2 Å². The Hall–Kier alpha value is -3.16. The Labute approximate surface area is 175 Å². The van der Waals surface area contributed by atoms with Crippen molar-refractivity contribution in [3.05, 3.63) is 70.4 Å². The second kappa shape index (κ2) is 7.93. The quantitative estimate of drug-likeness (QED) is 0.457. The molecule has 4 rings (SSSR count). The number of hydroxylamine groups is 1. The highest BCUT2D eigenvalue weighted by Gasteiger charge is 2.27. The number of carbonyl (C=O) groups is 2. The molecule has 1 atom stereocenters. The predicted octanol–water partition coefficient (Wildman–Crippen LogP) is 2.35. The van der Waals surface area contributed by atoms with Gasteiger partial charge in [0.15, 0.2) is 0 Å². The number of hydrogen-bond donors (Lipinski definition) is 3. The van der Waals surface area contributed by atoms with Crippen LogP contribution in [0.15, 0.2) is 42.5 Å². The van der Waals surface area contributed by atoms with Crippen LogP contribution in [0.25, 0.3) is 10.9 Å². The summed E-state index contributed by atoms with van der Waals surface area (Å²) in [4.78, 5) is 25.9. The molecule has 3 aromatic rings. The third kappa shape index (κ3) is 3.58. The molecule has 0 saturated carbocycles. The molecule has 2 aromatic carbocycles. The second-order valence-corrected chi connectivity index (χ2v) is 7.97. The molecule has 2 heterocycles. The Balaban J connectivity index is 1.73. The van der Waals surface area contributed by atoms with Crippen molar-refractivity contribution in [2.24, 2.45) is 5.73 Å². The van der Waals surface area contributed by atoms with Crippen molar-refractivity contribution in [2.75, 3.05) is 6.54 Å². The molecule has 1 aliphatic rings. The lowest BCUT2D eigenvalue weighted by Gasteiger charge is -2.29. The highest BCUT2D eigenvalue weighted by molar-refractivity contribution is 5.93. The van der Waals surface area contributed by atoms with Gasteiger partial charge in [0, 0.05) is 53.8 Å². The highest BCUT2D eigenvalue weighted by Crippen LogP contribution is 2.32. The zero-order valence-electron chi connectivity index (χ0n) is 17.2. The summed E-state index contributed by atoms with van der Waals surface area (Å²) in [5, 5.41) is 9.96. The number of carbonyl (C=O) groups excluding carboxylic acids is 2. The molecule has 0 aliphatic carbocycles. The van der Waals surface area contributed by atoms with E-state index < -0.39 is 11.9 Å². The van der Waals surface area contributed by atoms with Crippen LogP contribution in [0.2, 0.25) is 0 Å². The van der Waals surface area contributed by atoms with Crippen LogP contribution in [0.3, 0.4) is 0 Å². The Morgan fingerprint density at radius 2 is 1.93 bits per heavy atom. The summed E-state index contributed by atoms with van der Waals surface area (Å²) < 4.78 is 2.30. The van der Waals surface area contributed by atoms with Gasteiger partial charge >= 0.3 is 0 Å². The standard InChI is InChI=1S/C23H26N4O3/c1-14-3-8-20-18(11-14)19-13-26(23(29)15(2)24)10-9-21(19)27(20)12-16-4-6-17(7-5-16)22(28)25-30/h3-8,11,15,30H,9-10,12-13,24H2,1-2H3,(H,25,28). The minimum atomic E-state index is -0.528. The Morgan fingerprint density at radius 3 is 2.60 bits per heavy atom. The van der Waals surface area contributed by atoms with Gasteiger partial charge in [-0.15, -0.1) is 0 Å². The molecular formula is C23H26N4O3. The minimum Gasteiger partial charge on any atom is -0.340 e. The molecule has 1 unspecified atom stereocenters. The Morgan fingerprint density at radius 1 is 1.20 bits per heavy atom. The lowest BCUT2D eigenvalue weighted by molar-refractivity contribution is -0.133. The molecule has 4 N–H and O–H groups in total. The van der Waals surface area contributed by atoms with Gasteiger partial charge in [-0.3, -0.25) is 14.8 Å². The van der Waals surface area contributed by atoms with Crippen LogP contribution >= 0.6 is 0 Å². The molecule has 1 aliphatic heterocycles. The van der Waals surface area contributed by atoms with Crippen molar-refractivity contribution < 1.29 is 14.8 Å². The van der Waals surface area contributed by atoms with Gasteiger partial charge in [0.2, 0.25) is 5.91 Å². The molecule has 2 amide bonds. The summed E-state index contributed by atoms with van der Waals surface area (Å²) in [6, 6.07) is 13.1. The molecule has 0 saturated heterocycles.